The highest BCUT2D eigenvalue weighted by atomic mass is 16.5. The zero-order chi connectivity index (χ0) is 13.5. The second kappa shape index (κ2) is 6.76. The van der Waals surface area contributed by atoms with Crippen molar-refractivity contribution in [3.05, 3.63) is 29.8 Å². The zero-order valence-electron chi connectivity index (χ0n) is 10.8. The molecule has 0 fully saturated rings. The highest BCUT2D eigenvalue weighted by Gasteiger charge is 2.07. The SMILES string of the molecule is COCC(C)NC(=O)Nc1cccc(C(C)=O)c1. The number of benzene rings is 1. The Morgan fingerprint density at radius 1 is 1.39 bits per heavy atom. The molecule has 18 heavy (non-hydrogen) atoms. The van der Waals surface area contributed by atoms with Crippen LogP contribution in [0.1, 0.15) is 24.2 Å². The maximum Gasteiger partial charge on any atom is 0.319 e. The Bertz CT molecular complexity index is 432. The molecule has 0 heterocycles. The normalized spacial score (nSPS) is 11.7. The molecule has 1 atom stereocenters. The van der Waals surface area contributed by atoms with Crippen LogP contribution in [0.4, 0.5) is 10.5 Å². The van der Waals surface area contributed by atoms with Gasteiger partial charge in [0.2, 0.25) is 0 Å². The summed E-state index contributed by atoms with van der Waals surface area (Å²) in [6.45, 7) is 3.77. The first kappa shape index (κ1) is 14.2. The molecule has 98 valence electrons. The van der Waals surface area contributed by atoms with Crippen molar-refractivity contribution in [3.63, 3.8) is 0 Å². The van der Waals surface area contributed by atoms with E-state index >= 15 is 0 Å². The lowest BCUT2D eigenvalue weighted by Gasteiger charge is -2.13. The number of anilines is 1. The molecule has 1 aromatic rings. The average molecular weight is 250 g/mol. The van der Waals surface area contributed by atoms with E-state index in [-0.39, 0.29) is 17.9 Å². The fourth-order valence-electron chi connectivity index (χ4n) is 1.50. The summed E-state index contributed by atoms with van der Waals surface area (Å²) in [6, 6.07) is 6.41. The van der Waals surface area contributed by atoms with E-state index in [0.717, 1.165) is 0 Å². The number of nitrogens with one attached hydrogen (secondary N) is 2. The van der Waals surface area contributed by atoms with Gasteiger partial charge in [-0.25, -0.2) is 4.79 Å². The van der Waals surface area contributed by atoms with Crippen molar-refractivity contribution < 1.29 is 14.3 Å². The number of carbonyl (C=O) groups excluding carboxylic acids is 2. The third-order valence-corrected chi connectivity index (χ3v) is 2.32. The van der Waals surface area contributed by atoms with Gasteiger partial charge < -0.3 is 15.4 Å². The average Bonchev–Trinajstić information content (AvgIpc) is 2.29. The van der Waals surface area contributed by atoms with Crippen molar-refractivity contribution in [3.8, 4) is 0 Å². The van der Waals surface area contributed by atoms with Crippen LogP contribution in [-0.2, 0) is 4.74 Å². The van der Waals surface area contributed by atoms with Crippen molar-refractivity contribution >= 4 is 17.5 Å². The summed E-state index contributed by atoms with van der Waals surface area (Å²) in [7, 11) is 1.58. The monoisotopic (exact) mass is 250 g/mol. The molecule has 0 aliphatic rings. The molecule has 1 aromatic carbocycles. The minimum absolute atomic E-state index is 0.0354. The van der Waals surface area contributed by atoms with E-state index in [1.54, 1.807) is 31.4 Å². The number of ether oxygens (including phenoxy) is 1. The Balaban J connectivity index is 2.59. The molecule has 5 nitrogen and oxygen atoms in total. The van der Waals surface area contributed by atoms with Crippen LogP contribution in [0.3, 0.4) is 0 Å². The number of hydrogen-bond donors (Lipinski definition) is 2. The molecule has 1 rings (SSSR count). The molecular formula is C13H18N2O3. The number of ketones is 1. The molecule has 0 aliphatic carbocycles. The Morgan fingerprint density at radius 2 is 2.11 bits per heavy atom. The quantitative estimate of drug-likeness (QED) is 0.786. The number of hydrogen-bond acceptors (Lipinski definition) is 3. The van der Waals surface area contributed by atoms with Crippen LogP contribution in [0, 0.1) is 0 Å². The Labute approximate surface area is 107 Å². The van der Waals surface area contributed by atoms with E-state index < -0.39 is 0 Å². The van der Waals surface area contributed by atoms with Gasteiger partial charge in [0.1, 0.15) is 0 Å². The topological polar surface area (TPSA) is 67.4 Å². The number of rotatable bonds is 5. The molecule has 0 saturated heterocycles. The van der Waals surface area contributed by atoms with Gasteiger partial charge in [0.15, 0.2) is 5.78 Å². The van der Waals surface area contributed by atoms with Gasteiger partial charge in [0.25, 0.3) is 0 Å². The lowest BCUT2D eigenvalue weighted by Crippen LogP contribution is -2.38. The highest BCUT2D eigenvalue weighted by Crippen LogP contribution is 2.10. The number of methoxy groups -OCH3 is 1. The largest absolute Gasteiger partial charge is 0.383 e. The van der Waals surface area contributed by atoms with Gasteiger partial charge in [0, 0.05) is 18.4 Å². The molecular weight excluding hydrogens is 232 g/mol. The van der Waals surface area contributed by atoms with Crippen molar-refractivity contribution in [1.29, 1.82) is 0 Å². The number of Topliss-reactive ketones (excluding diaryl/α,β-unsaturated/α-hetero) is 1. The van der Waals surface area contributed by atoms with Gasteiger partial charge >= 0.3 is 6.03 Å². The molecule has 0 aromatic heterocycles. The zero-order valence-corrected chi connectivity index (χ0v) is 10.8. The van der Waals surface area contributed by atoms with Crippen LogP contribution in [0.2, 0.25) is 0 Å². The first-order valence-corrected chi connectivity index (χ1v) is 5.70. The van der Waals surface area contributed by atoms with Crippen LogP contribution in [0.5, 0.6) is 0 Å². The number of urea groups is 1. The van der Waals surface area contributed by atoms with E-state index in [1.165, 1.54) is 6.92 Å². The summed E-state index contributed by atoms with van der Waals surface area (Å²) >= 11 is 0. The predicted octanol–water partition coefficient (Wildman–Crippen LogP) is 2.05. The Morgan fingerprint density at radius 3 is 2.72 bits per heavy atom. The summed E-state index contributed by atoms with van der Waals surface area (Å²) in [5.74, 6) is -0.0354. The van der Waals surface area contributed by atoms with E-state index in [2.05, 4.69) is 10.6 Å². The molecule has 2 amide bonds. The Hall–Kier alpha value is -1.88. The third kappa shape index (κ3) is 4.55. The van der Waals surface area contributed by atoms with E-state index in [1.807, 2.05) is 6.92 Å². The summed E-state index contributed by atoms with van der Waals surface area (Å²) in [4.78, 5) is 22.8. The minimum Gasteiger partial charge on any atom is -0.383 e. The van der Waals surface area contributed by atoms with Crippen molar-refractivity contribution in [2.24, 2.45) is 0 Å². The van der Waals surface area contributed by atoms with Gasteiger partial charge in [-0.1, -0.05) is 12.1 Å². The third-order valence-electron chi connectivity index (χ3n) is 2.32. The van der Waals surface area contributed by atoms with Crippen molar-refractivity contribution in [2.75, 3.05) is 19.0 Å². The van der Waals surface area contributed by atoms with Gasteiger partial charge in [-0.05, 0) is 26.0 Å². The summed E-state index contributed by atoms with van der Waals surface area (Å²) in [6.07, 6.45) is 0. The van der Waals surface area contributed by atoms with E-state index in [9.17, 15) is 9.59 Å². The van der Waals surface area contributed by atoms with Crippen molar-refractivity contribution in [2.45, 2.75) is 19.9 Å². The van der Waals surface area contributed by atoms with Gasteiger partial charge in [-0.15, -0.1) is 0 Å². The number of carbonyl (C=O) groups is 2. The van der Waals surface area contributed by atoms with Crippen LogP contribution >= 0.6 is 0 Å². The fourth-order valence-corrected chi connectivity index (χ4v) is 1.50. The molecule has 2 N–H and O–H groups in total. The molecule has 1 unspecified atom stereocenters. The van der Waals surface area contributed by atoms with Crippen molar-refractivity contribution in [1.82, 2.24) is 5.32 Å². The predicted molar refractivity (Wildman–Crippen MR) is 69.9 cm³/mol. The lowest BCUT2D eigenvalue weighted by atomic mass is 10.1. The molecule has 0 radical (unpaired) electrons. The fraction of sp³-hybridized carbons (Fsp3) is 0.385. The molecule has 0 bridgehead atoms. The first-order chi connectivity index (χ1) is 8.52. The van der Waals surface area contributed by atoms with E-state index in [4.69, 9.17) is 4.74 Å². The number of amides is 2. The molecule has 0 saturated carbocycles. The van der Waals surface area contributed by atoms with Crippen LogP contribution in [-0.4, -0.2) is 31.6 Å². The summed E-state index contributed by atoms with van der Waals surface area (Å²) in [5, 5.41) is 5.39. The van der Waals surface area contributed by atoms with Gasteiger partial charge in [0.05, 0.1) is 12.6 Å². The molecule has 0 spiro atoms. The van der Waals surface area contributed by atoms with Crippen LogP contribution < -0.4 is 10.6 Å². The molecule has 5 heteroatoms. The van der Waals surface area contributed by atoms with E-state index in [0.29, 0.717) is 17.9 Å². The van der Waals surface area contributed by atoms with Gasteiger partial charge in [-0.2, -0.15) is 0 Å². The maximum atomic E-state index is 11.6. The summed E-state index contributed by atoms with van der Waals surface area (Å²) in [5.41, 5.74) is 1.16. The second-order valence-electron chi connectivity index (χ2n) is 4.09. The standard InChI is InChI=1S/C13H18N2O3/c1-9(8-18-3)14-13(17)15-12-6-4-5-11(7-12)10(2)16/h4-7,9H,8H2,1-3H3,(H2,14,15,17). The molecule has 0 aliphatic heterocycles. The van der Waals surface area contributed by atoms with Crippen LogP contribution in [0.15, 0.2) is 24.3 Å². The first-order valence-electron chi connectivity index (χ1n) is 5.70. The van der Waals surface area contributed by atoms with Crippen LogP contribution in [0.25, 0.3) is 0 Å². The highest BCUT2D eigenvalue weighted by molar-refractivity contribution is 5.96. The second-order valence-corrected chi connectivity index (χ2v) is 4.09. The summed E-state index contributed by atoms with van der Waals surface area (Å²) < 4.78 is 4.92. The Kier molecular flexibility index (Phi) is 5.32. The lowest BCUT2D eigenvalue weighted by molar-refractivity contribution is 0.101. The smallest absolute Gasteiger partial charge is 0.319 e. The van der Waals surface area contributed by atoms with Gasteiger partial charge in [-0.3, -0.25) is 4.79 Å². The minimum atomic E-state index is -0.319. The maximum absolute atomic E-state index is 11.6.